The first-order chi connectivity index (χ1) is 6.85. The van der Waals surface area contributed by atoms with Gasteiger partial charge in [0.2, 0.25) is 0 Å². The highest BCUT2D eigenvalue weighted by Crippen LogP contribution is 2.45. The Bertz CT molecular complexity index is 241. The fourth-order valence-corrected chi connectivity index (χ4v) is 2.47. The predicted octanol–water partition coefficient (Wildman–Crippen LogP) is 2.43. The lowest BCUT2D eigenvalue weighted by atomic mass is 9.63. The van der Waals surface area contributed by atoms with E-state index in [1.807, 2.05) is 6.92 Å². The maximum atomic E-state index is 11.3. The van der Waals surface area contributed by atoms with E-state index < -0.39 is 17.0 Å². The topological polar surface area (TPSA) is 57.5 Å². The number of carboxylic acids is 1. The van der Waals surface area contributed by atoms with Gasteiger partial charge in [-0.3, -0.25) is 4.79 Å². The Hall–Kier alpha value is -0.570. The van der Waals surface area contributed by atoms with Gasteiger partial charge in [-0.25, -0.2) is 0 Å². The molecular formula is C12H22O3. The highest BCUT2D eigenvalue weighted by molar-refractivity contribution is 5.75. The summed E-state index contributed by atoms with van der Waals surface area (Å²) < 4.78 is 0. The summed E-state index contributed by atoms with van der Waals surface area (Å²) in [5.74, 6) is -0.262. The first-order valence-electron chi connectivity index (χ1n) is 5.81. The predicted molar refractivity (Wildman–Crippen MR) is 58.6 cm³/mol. The molecule has 1 saturated carbocycles. The second-order valence-electron chi connectivity index (χ2n) is 5.20. The summed E-state index contributed by atoms with van der Waals surface area (Å²) >= 11 is 0. The Kier molecular flexibility index (Phi) is 3.44. The van der Waals surface area contributed by atoms with Gasteiger partial charge in [-0.15, -0.1) is 0 Å². The molecule has 0 radical (unpaired) electrons. The van der Waals surface area contributed by atoms with Gasteiger partial charge in [0.1, 0.15) is 0 Å². The van der Waals surface area contributed by atoms with Gasteiger partial charge < -0.3 is 10.2 Å². The largest absolute Gasteiger partial charge is 0.481 e. The number of aliphatic carboxylic acids is 1. The fourth-order valence-electron chi connectivity index (χ4n) is 2.47. The Labute approximate surface area is 91.5 Å². The lowest BCUT2D eigenvalue weighted by molar-refractivity contribution is -0.174. The minimum absolute atomic E-state index is 0.479. The maximum Gasteiger partial charge on any atom is 0.312 e. The zero-order valence-corrected chi connectivity index (χ0v) is 9.92. The number of hydrogen-bond acceptors (Lipinski definition) is 2. The van der Waals surface area contributed by atoms with Crippen LogP contribution in [0.3, 0.4) is 0 Å². The smallest absolute Gasteiger partial charge is 0.312 e. The van der Waals surface area contributed by atoms with Crippen molar-refractivity contribution in [1.29, 1.82) is 0 Å². The van der Waals surface area contributed by atoms with Crippen LogP contribution in [0.5, 0.6) is 0 Å². The first kappa shape index (κ1) is 12.5. The van der Waals surface area contributed by atoms with Crippen molar-refractivity contribution >= 4 is 5.97 Å². The van der Waals surface area contributed by atoms with Crippen LogP contribution in [0.25, 0.3) is 0 Å². The van der Waals surface area contributed by atoms with E-state index in [-0.39, 0.29) is 0 Å². The molecule has 3 heteroatoms. The highest BCUT2D eigenvalue weighted by Gasteiger charge is 2.51. The van der Waals surface area contributed by atoms with Crippen LogP contribution >= 0.6 is 0 Å². The molecule has 1 atom stereocenters. The molecule has 0 aromatic rings. The highest BCUT2D eigenvalue weighted by atomic mass is 16.4. The number of carboxylic acid groups (broad SMARTS) is 1. The quantitative estimate of drug-likeness (QED) is 0.758. The van der Waals surface area contributed by atoms with Gasteiger partial charge in [0, 0.05) is 0 Å². The van der Waals surface area contributed by atoms with Gasteiger partial charge in [-0.05, 0) is 44.9 Å². The molecule has 0 aliphatic heterocycles. The molecule has 1 aliphatic carbocycles. The van der Waals surface area contributed by atoms with Crippen molar-refractivity contribution in [3.63, 3.8) is 0 Å². The zero-order valence-electron chi connectivity index (χ0n) is 9.92. The van der Waals surface area contributed by atoms with Crippen molar-refractivity contribution < 1.29 is 15.0 Å². The SMILES string of the molecule is CCC(C)(C(=O)O)C1(O)CCC(C)CC1. The normalized spacial score (nSPS) is 35.9. The van der Waals surface area contributed by atoms with Crippen LogP contribution in [-0.2, 0) is 4.79 Å². The molecule has 15 heavy (non-hydrogen) atoms. The van der Waals surface area contributed by atoms with Crippen LogP contribution in [-0.4, -0.2) is 21.8 Å². The molecule has 3 nitrogen and oxygen atoms in total. The Morgan fingerprint density at radius 3 is 2.27 bits per heavy atom. The zero-order chi connectivity index (χ0) is 11.7. The van der Waals surface area contributed by atoms with E-state index in [2.05, 4.69) is 6.92 Å². The molecule has 0 amide bonds. The van der Waals surface area contributed by atoms with E-state index in [4.69, 9.17) is 0 Å². The molecule has 2 N–H and O–H groups in total. The first-order valence-corrected chi connectivity index (χ1v) is 5.81. The van der Waals surface area contributed by atoms with Gasteiger partial charge >= 0.3 is 5.97 Å². The fraction of sp³-hybridized carbons (Fsp3) is 0.917. The molecule has 0 bridgehead atoms. The van der Waals surface area contributed by atoms with Crippen molar-refractivity contribution in [2.24, 2.45) is 11.3 Å². The van der Waals surface area contributed by atoms with E-state index in [1.54, 1.807) is 6.92 Å². The molecule has 0 aromatic heterocycles. The van der Waals surface area contributed by atoms with E-state index >= 15 is 0 Å². The number of aliphatic hydroxyl groups is 1. The Morgan fingerprint density at radius 2 is 1.93 bits per heavy atom. The van der Waals surface area contributed by atoms with Crippen LogP contribution in [0, 0.1) is 11.3 Å². The standard InChI is InChI=1S/C12H22O3/c1-4-11(3,10(13)14)12(15)7-5-9(2)6-8-12/h9,15H,4-8H2,1-3H3,(H,13,14). The second kappa shape index (κ2) is 4.12. The number of rotatable bonds is 3. The summed E-state index contributed by atoms with van der Waals surface area (Å²) in [5.41, 5.74) is -2.01. The van der Waals surface area contributed by atoms with Gasteiger partial charge in [-0.1, -0.05) is 13.8 Å². The molecule has 0 aromatic carbocycles. The van der Waals surface area contributed by atoms with Crippen LogP contribution in [0.2, 0.25) is 0 Å². The van der Waals surface area contributed by atoms with Crippen LogP contribution < -0.4 is 0 Å². The molecule has 1 aliphatic rings. The molecule has 1 fully saturated rings. The minimum atomic E-state index is -1.01. The van der Waals surface area contributed by atoms with E-state index in [0.29, 0.717) is 25.2 Å². The third kappa shape index (κ3) is 2.03. The average molecular weight is 214 g/mol. The van der Waals surface area contributed by atoms with Crippen molar-refractivity contribution in [2.75, 3.05) is 0 Å². The Balaban J connectivity index is 2.88. The molecule has 0 saturated heterocycles. The third-order valence-electron chi connectivity index (χ3n) is 4.31. The van der Waals surface area contributed by atoms with Crippen molar-refractivity contribution in [2.45, 2.75) is 58.5 Å². The minimum Gasteiger partial charge on any atom is -0.481 e. The van der Waals surface area contributed by atoms with Gasteiger partial charge in [0.15, 0.2) is 0 Å². The van der Waals surface area contributed by atoms with Crippen LogP contribution in [0.15, 0.2) is 0 Å². The lowest BCUT2D eigenvalue weighted by Crippen LogP contribution is -2.52. The summed E-state index contributed by atoms with van der Waals surface area (Å²) in [4.78, 5) is 11.3. The molecule has 0 spiro atoms. The molecule has 1 unspecified atom stereocenters. The summed E-state index contributed by atoms with van der Waals surface area (Å²) in [6, 6.07) is 0. The van der Waals surface area contributed by atoms with Gasteiger partial charge in [0.05, 0.1) is 11.0 Å². The monoisotopic (exact) mass is 214 g/mol. The number of carbonyl (C=O) groups is 1. The third-order valence-corrected chi connectivity index (χ3v) is 4.31. The molecule has 88 valence electrons. The van der Waals surface area contributed by atoms with Crippen molar-refractivity contribution in [3.8, 4) is 0 Å². The van der Waals surface area contributed by atoms with E-state index in [9.17, 15) is 15.0 Å². The summed E-state index contributed by atoms with van der Waals surface area (Å²) in [5, 5.41) is 19.8. The van der Waals surface area contributed by atoms with Gasteiger partial charge in [-0.2, -0.15) is 0 Å². The summed E-state index contributed by atoms with van der Waals surface area (Å²) in [6.07, 6.45) is 3.57. The summed E-state index contributed by atoms with van der Waals surface area (Å²) in [7, 11) is 0. The Morgan fingerprint density at radius 1 is 1.47 bits per heavy atom. The average Bonchev–Trinajstić information content (AvgIpc) is 2.21. The number of hydrogen-bond donors (Lipinski definition) is 2. The van der Waals surface area contributed by atoms with E-state index in [1.165, 1.54) is 0 Å². The van der Waals surface area contributed by atoms with Crippen molar-refractivity contribution in [1.82, 2.24) is 0 Å². The molecule has 1 rings (SSSR count). The van der Waals surface area contributed by atoms with Crippen LogP contribution in [0.1, 0.15) is 52.9 Å². The van der Waals surface area contributed by atoms with E-state index in [0.717, 1.165) is 12.8 Å². The maximum absolute atomic E-state index is 11.3. The lowest BCUT2D eigenvalue weighted by Gasteiger charge is -2.45. The van der Waals surface area contributed by atoms with Crippen molar-refractivity contribution in [3.05, 3.63) is 0 Å². The van der Waals surface area contributed by atoms with Crippen LogP contribution in [0.4, 0.5) is 0 Å². The molecular weight excluding hydrogens is 192 g/mol. The molecule has 0 heterocycles. The second-order valence-corrected chi connectivity index (χ2v) is 5.20. The summed E-state index contributed by atoms with van der Waals surface area (Å²) in [6.45, 7) is 5.67. The van der Waals surface area contributed by atoms with Gasteiger partial charge in [0.25, 0.3) is 0 Å².